The van der Waals surface area contributed by atoms with Gasteiger partial charge in [-0.25, -0.2) is 0 Å². The van der Waals surface area contributed by atoms with Gasteiger partial charge in [-0.2, -0.15) is 0 Å². The topological polar surface area (TPSA) is 54.0 Å². The van der Waals surface area contributed by atoms with Crippen LogP contribution in [0.4, 0.5) is 0 Å². The summed E-state index contributed by atoms with van der Waals surface area (Å²) in [5.74, 6) is 0.561. The van der Waals surface area contributed by atoms with E-state index < -0.39 is 8.80 Å². The SMILES string of the molecule is CCCO[Si](CCCOc1ccccc1C(=O)c1ccccc1)(OCCC)OCCC. The molecule has 0 aromatic heterocycles. The first-order valence-electron chi connectivity index (χ1n) is 11.4. The number of hydrogen-bond donors (Lipinski definition) is 0. The van der Waals surface area contributed by atoms with Crippen molar-refractivity contribution in [1.29, 1.82) is 0 Å². The summed E-state index contributed by atoms with van der Waals surface area (Å²) in [5, 5.41) is 0. The van der Waals surface area contributed by atoms with E-state index in [0.717, 1.165) is 25.7 Å². The first-order valence-corrected chi connectivity index (χ1v) is 13.3. The van der Waals surface area contributed by atoms with Crippen LogP contribution in [-0.4, -0.2) is 41.0 Å². The molecule has 0 spiro atoms. The maximum atomic E-state index is 12.9. The Morgan fingerprint density at radius 1 is 0.742 bits per heavy atom. The van der Waals surface area contributed by atoms with Gasteiger partial charge in [0.1, 0.15) is 5.75 Å². The molecule has 2 aromatic rings. The standard InChI is InChI=1S/C25H36O5Si/c1-4-17-28-31(29-18-5-2,30-19-6-3)21-12-20-27-24-16-11-10-15-23(24)25(26)22-13-8-7-9-14-22/h7-11,13-16H,4-6,12,17-21H2,1-3H3. The molecule has 0 fully saturated rings. The number of para-hydroxylation sites is 1. The van der Waals surface area contributed by atoms with E-state index in [9.17, 15) is 4.79 Å². The molecule has 0 aliphatic rings. The summed E-state index contributed by atoms with van der Waals surface area (Å²) < 4.78 is 24.4. The van der Waals surface area contributed by atoms with Gasteiger partial charge in [-0.05, 0) is 37.8 Å². The monoisotopic (exact) mass is 444 g/mol. The minimum atomic E-state index is -2.73. The second kappa shape index (κ2) is 14.1. The smallest absolute Gasteiger partial charge is 0.493 e. The normalized spacial score (nSPS) is 11.5. The van der Waals surface area contributed by atoms with Crippen molar-refractivity contribution in [3.05, 3.63) is 65.7 Å². The molecule has 2 rings (SSSR count). The summed E-state index contributed by atoms with van der Waals surface area (Å²) in [6.07, 6.45) is 3.50. The van der Waals surface area contributed by atoms with Crippen molar-refractivity contribution in [2.24, 2.45) is 0 Å². The summed E-state index contributed by atoms with van der Waals surface area (Å²) >= 11 is 0. The fourth-order valence-corrected chi connectivity index (χ4v) is 5.92. The number of benzene rings is 2. The fourth-order valence-electron chi connectivity index (χ4n) is 3.11. The highest BCUT2D eigenvalue weighted by molar-refractivity contribution is 6.60. The molecule has 0 unspecified atom stereocenters. The Morgan fingerprint density at radius 2 is 1.29 bits per heavy atom. The molecule has 5 nitrogen and oxygen atoms in total. The van der Waals surface area contributed by atoms with Gasteiger partial charge < -0.3 is 18.0 Å². The van der Waals surface area contributed by atoms with Crippen molar-refractivity contribution >= 4 is 14.6 Å². The van der Waals surface area contributed by atoms with E-state index in [2.05, 4.69) is 20.8 Å². The molecule has 0 radical (unpaired) electrons. The van der Waals surface area contributed by atoms with E-state index in [4.69, 9.17) is 18.0 Å². The highest BCUT2D eigenvalue weighted by Crippen LogP contribution is 2.24. The van der Waals surface area contributed by atoms with Gasteiger partial charge >= 0.3 is 8.80 Å². The summed E-state index contributed by atoms with van der Waals surface area (Å²) in [4.78, 5) is 12.9. The van der Waals surface area contributed by atoms with Gasteiger partial charge in [0.25, 0.3) is 0 Å². The molecule has 0 N–H and O–H groups in total. The number of ether oxygens (including phenoxy) is 1. The second-order valence-electron chi connectivity index (χ2n) is 7.37. The number of ketones is 1. The van der Waals surface area contributed by atoms with E-state index in [1.165, 1.54) is 0 Å². The minimum Gasteiger partial charge on any atom is -0.493 e. The number of hydrogen-bond acceptors (Lipinski definition) is 5. The third kappa shape index (κ3) is 8.22. The zero-order valence-electron chi connectivity index (χ0n) is 19.1. The number of carbonyl (C=O) groups is 1. The highest BCUT2D eigenvalue weighted by atomic mass is 28.4. The molecule has 0 heterocycles. The lowest BCUT2D eigenvalue weighted by Gasteiger charge is -2.29. The van der Waals surface area contributed by atoms with Crippen molar-refractivity contribution in [3.63, 3.8) is 0 Å². The van der Waals surface area contributed by atoms with Crippen LogP contribution in [0.25, 0.3) is 0 Å². The van der Waals surface area contributed by atoms with Gasteiger partial charge in [-0.3, -0.25) is 4.79 Å². The van der Waals surface area contributed by atoms with Crippen LogP contribution in [-0.2, 0) is 13.3 Å². The fraction of sp³-hybridized carbons (Fsp3) is 0.480. The van der Waals surface area contributed by atoms with Crippen LogP contribution in [0, 0.1) is 0 Å². The Balaban J connectivity index is 2.01. The average molecular weight is 445 g/mol. The lowest BCUT2D eigenvalue weighted by Crippen LogP contribution is -2.46. The third-order valence-electron chi connectivity index (χ3n) is 4.63. The summed E-state index contributed by atoms with van der Waals surface area (Å²) in [5.41, 5.74) is 1.22. The average Bonchev–Trinajstić information content (AvgIpc) is 2.82. The predicted molar refractivity (Wildman–Crippen MR) is 126 cm³/mol. The van der Waals surface area contributed by atoms with Crippen LogP contribution >= 0.6 is 0 Å². The van der Waals surface area contributed by atoms with Crippen molar-refractivity contribution in [3.8, 4) is 5.75 Å². The molecule has 31 heavy (non-hydrogen) atoms. The van der Waals surface area contributed by atoms with E-state index in [1.54, 1.807) is 0 Å². The molecule has 0 atom stereocenters. The minimum absolute atomic E-state index is 0.0382. The quantitative estimate of drug-likeness (QED) is 0.183. The molecular weight excluding hydrogens is 408 g/mol. The predicted octanol–water partition coefficient (Wildman–Crippen LogP) is 5.91. The molecule has 6 heteroatoms. The number of carbonyl (C=O) groups excluding carboxylic acids is 1. The van der Waals surface area contributed by atoms with Crippen molar-refractivity contribution in [1.82, 2.24) is 0 Å². The maximum absolute atomic E-state index is 12.9. The van der Waals surface area contributed by atoms with Crippen LogP contribution in [0.3, 0.4) is 0 Å². The van der Waals surface area contributed by atoms with E-state index in [0.29, 0.717) is 49.3 Å². The van der Waals surface area contributed by atoms with Gasteiger partial charge in [0.15, 0.2) is 5.78 Å². The van der Waals surface area contributed by atoms with Gasteiger partial charge in [0.05, 0.1) is 12.2 Å². The molecule has 0 saturated carbocycles. The Hall–Kier alpha value is -1.99. The van der Waals surface area contributed by atoms with Gasteiger partial charge in [-0.1, -0.05) is 63.2 Å². The van der Waals surface area contributed by atoms with Crippen LogP contribution in [0.2, 0.25) is 6.04 Å². The summed E-state index contributed by atoms with van der Waals surface area (Å²) in [7, 11) is -2.73. The Kier molecular flexibility index (Phi) is 11.5. The lowest BCUT2D eigenvalue weighted by atomic mass is 10.0. The van der Waals surface area contributed by atoms with Crippen LogP contribution in [0.1, 0.15) is 62.4 Å². The molecular formula is C25H36O5Si. The van der Waals surface area contributed by atoms with Crippen molar-refractivity contribution < 1.29 is 22.8 Å². The van der Waals surface area contributed by atoms with Gasteiger partial charge in [0.2, 0.25) is 0 Å². The first kappa shape index (κ1) is 25.3. The van der Waals surface area contributed by atoms with Gasteiger partial charge in [0, 0.05) is 31.4 Å². The second-order valence-corrected chi connectivity index (χ2v) is 10.1. The Labute approximate surface area is 188 Å². The summed E-state index contributed by atoms with van der Waals surface area (Å²) in [6, 6.07) is 17.4. The van der Waals surface area contributed by atoms with E-state index in [1.807, 2.05) is 54.6 Å². The maximum Gasteiger partial charge on any atom is 0.501 e. The Bertz CT molecular complexity index is 744. The summed E-state index contributed by atoms with van der Waals surface area (Å²) in [6.45, 7) is 8.63. The molecule has 0 saturated heterocycles. The van der Waals surface area contributed by atoms with Crippen LogP contribution in [0.5, 0.6) is 5.75 Å². The first-order chi connectivity index (χ1) is 15.2. The van der Waals surface area contributed by atoms with E-state index in [-0.39, 0.29) is 5.78 Å². The molecule has 170 valence electrons. The molecule has 0 aliphatic carbocycles. The largest absolute Gasteiger partial charge is 0.501 e. The zero-order chi connectivity index (χ0) is 22.4. The molecule has 0 amide bonds. The molecule has 0 aliphatic heterocycles. The molecule has 0 bridgehead atoms. The van der Waals surface area contributed by atoms with Crippen LogP contribution < -0.4 is 4.74 Å². The van der Waals surface area contributed by atoms with Crippen molar-refractivity contribution in [2.75, 3.05) is 26.4 Å². The zero-order valence-corrected chi connectivity index (χ0v) is 20.1. The van der Waals surface area contributed by atoms with Crippen LogP contribution in [0.15, 0.2) is 54.6 Å². The number of rotatable bonds is 16. The molecule has 2 aromatic carbocycles. The van der Waals surface area contributed by atoms with E-state index >= 15 is 0 Å². The Morgan fingerprint density at radius 3 is 1.87 bits per heavy atom. The van der Waals surface area contributed by atoms with Crippen molar-refractivity contribution in [2.45, 2.75) is 52.5 Å². The third-order valence-corrected chi connectivity index (χ3v) is 7.53. The highest BCUT2D eigenvalue weighted by Gasteiger charge is 2.40. The lowest BCUT2D eigenvalue weighted by molar-refractivity contribution is 0.0577. The van der Waals surface area contributed by atoms with Gasteiger partial charge in [-0.15, -0.1) is 0 Å².